The first-order valence-electron chi connectivity index (χ1n) is 6.08. The second-order valence-corrected chi connectivity index (χ2v) is 4.43. The average Bonchev–Trinajstić information content (AvgIpc) is 2.75. The summed E-state index contributed by atoms with van der Waals surface area (Å²) in [6, 6.07) is 7.80. The van der Waals surface area contributed by atoms with Gasteiger partial charge in [0.2, 0.25) is 0 Å². The van der Waals surface area contributed by atoms with Gasteiger partial charge < -0.3 is 14.3 Å². The molecule has 0 amide bonds. The van der Waals surface area contributed by atoms with Crippen LogP contribution in [0.25, 0.3) is 6.08 Å². The van der Waals surface area contributed by atoms with Crippen LogP contribution in [0.15, 0.2) is 40.8 Å². The molecule has 4 heteroatoms. The summed E-state index contributed by atoms with van der Waals surface area (Å²) in [5.41, 5.74) is 1.38. The third-order valence-corrected chi connectivity index (χ3v) is 2.88. The third kappa shape index (κ3) is 3.03. The van der Waals surface area contributed by atoms with Gasteiger partial charge in [-0.3, -0.25) is 4.79 Å². The summed E-state index contributed by atoms with van der Waals surface area (Å²) in [6.45, 7) is 3.52. The molecule has 1 heterocycles. The van der Waals surface area contributed by atoms with Crippen molar-refractivity contribution in [2.24, 2.45) is 0 Å². The molecule has 1 aromatic carbocycles. The van der Waals surface area contributed by atoms with Gasteiger partial charge in [-0.15, -0.1) is 0 Å². The maximum atomic E-state index is 12.0. The Balaban J connectivity index is 2.15. The lowest BCUT2D eigenvalue weighted by molar-refractivity contribution is -0.255. The molecule has 0 aliphatic heterocycles. The van der Waals surface area contributed by atoms with Crippen molar-refractivity contribution in [3.63, 3.8) is 0 Å². The number of carboxylic acids is 1. The lowest BCUT2D eigenvalue weighted by Gasteiger charge is -2.01. The van der Waals surface area contributed by atoms with Crippen LogP contribution in [0.3, 0.4) is 0 Å². The van der Waals surface area contributed by atoms with Gasteiger partial charge in [-0.05, 0) is 37.1 Å². The molecular weight excluding hydrogens is 256 g/mol. The zero-order valence-electron chi connectivity index (χ0n) is 11.2. The molecule has 0 aliphatic rings. The van der Waals surface area contributed by atoms with E-state index in [4.69, 9.17) is 4.42 Å². The summed E-state index contributed by atoms with van der Waals surface area (Å²) in [5, 5.41) is 10.6. The van der Waals surface area contributed by atoms with Gasteiger partial charge in [0.25, 0.3) is 0 Å². The van der Waals surface area contributed by atoms with Gasteiger partial charge in [0, 0.05) is 0 Å². The number of aromatic carboxylic acids is 1. The van der Waals surface area contributed by atoms with E-state index >= 15 is 0 Å². The van der Waals surface area contributed by atoms with Crippen LogP contribution in [0, 0.1) is 13.8 Å². The van der Waals surface area contributed by atoms with Crippen LogP contribution >= 0.6 is 0 Å². The van der Waals surface area contributed by atoms with Crippen LogP contribution in [-0.4, -0.2) is 11.8 Å². The first kappa shape index (κ1) is 13.8. The molecule has 2 aromatic rings. The van der Waals surface area contributed by atoms with Crippen molar-refractivity contribution in [1.29, 1.82) is 0 Å². The molecule has 0 saturated carbocycles. The Labute approximate surface area is 116 Å². The van der Waals surface area contributed by atoms with E-state index < -0.39 is 5.97 Å². The van der Waals surface area contributed by atoms with E-state index in [2.05, 4.69) is 0 Å². The highest BCUT2D eigenvalue weighted by Crippen LogP contribution is 2.15. The molecule has 102 valence electrons. The molecule has 20 heavy (non-hydrogen) atoms. The molecule has 0 N–H and O–H groups in total. The number of allylic oxidation sites excluding steroid dienone is 1. The monoisotopic (exact) mass is 269 g/mol. The van der Waals surface area contributed by atoms with E-state index in [1.807, 2.05) is 0 Å². The Morgan fingerprint density at radius 3 is 2.30 bits per heavy atom. The van der Waals surface area contributed by atoms with Crippen molar-refractivity contribution in [3.05, 3.63) is 64.6 Å². The molecule has 1 aromatic heterocycles. The van der Waals surface area contributed by atoms with E-state index in [1.54, 1.807) is 38.1 Å². The van der Waals surface area contributed by atoms with Gasteiger partial charge in [-0.2, -0.15) is 0 Å². The Morgan fingerprint density at radius 1 is 1.15 bits per heavy atom. The summed E-state index contributed by atoms with van der Waals surface area (Å²) in [6.07, 6.45) is 3.06. The van der Waals surface area contributed by atoms with Crippen LogP contribution < -0.4 is 5.11 Å². The predicted octanol–water partition coefficient (Wildman–Crippen LogP) is 2.16. The molecule has 0 bridgehead atoms. The second kappa shape index (κ2) is 5.57. The Bertz CT molecular complexity index is 675. The van der Waals surface area contributed by atoms with Crippen LogP contribution in [-0.2, 0) is 0 Å². The molecule has 0 aliphatic carbocycles. The van der Waals surface area contributed by atoms with Crippen molar-refractivity contribution < 1.29 is 19.1 Å². The largest absolute Gasteiger partial charge is 0.545 e. The minimum absolute atomic E-state index is 0.106. The summed E-state index contributed by atoms with van der Waals surface area (Å²) < 4.78 is 5.30. The second-order valence-electron chi connectivity index (χ2n) is 4.43. The first-order valence-corrected chi connectivity index (χ1v) is 6.08. The maximum Gasteiger partial charge on any atom is 0.189 e. The molecule has 0 atom stereocenters. The molecule has 0 spiro atoms. The SMILES string of the molecule is Cc1cc(C(=O)/C=C/c2ccc(C(=O)[O-])cc2)c(C)o1. The number of carbonyl (C=O) groups excluding carboxylic acids is 2. The number of hydrogen-bond donors (Lipinski definition) is 0. The molecule has 0 fully saturated rings. The lowest BCUT2D eigenvalue weighted by atomic mass is 10.1. The van der Waals surface area contributed by atoms with E-state index in [9.17, 15) is 14.7 Å². The Hall–Kier alpha value is -2.62. The van der Waals surface area contributed by atoms with Gasteiger partial charge in [0.15, 0.2) is 5.78 Å². The fourth-order valence-corrected chi connectivity index (χ4v) is 1.87. The predicted molar refractivity (Wildman–Crippen MR) is 72.3 cm³/mol. The molecule has 0 unspecified atom stereocenters. The molecule has 0 radical (unpaired) electrons. The minimum Gasteiger partial charge on any atom is -0.545 e. The zero-order valence-corrected chi connectivity index (χ0v) is 11.2. The summed E-state index contributed by atoms with van der Waals surface area (Å²) in [7, 11) is 0. The van der Waals surface area contributed by atoms with Crippen LogP contribution in [0.2, 0.25) is 0 Å². The number of rotatable bonds is 4. The number of aryl methyl sites for hydroxylation is 2. The van der Waals surface area contributed by atoms with Crippen LogP contribution in [0.1, 0.15) is 37.8 Å². The first-order chi connectivity index (χ1) is 9.47. The molecule has 4 nitrogen and oxygen atoms in total. The highest BCUT2D eigenvalue weighted by atomic mass is 16.4. The third-order valence-electron chi connectivity index (χ3n) is 2.88. The highest BCUT2D eigenvalue weighted by molar-refractivity contribution is 6.07. The fourth-order valence-electron chi connectivity index (χ4n) is 1.87. The zero-order chi connectivity index (χ0) is 14.7. The number of ketones is 1. The van der Waals surface area contributed by atoms with Crippen molar-refractivity contribution in [2.75, 3.05) is 0 Å². The van der Waals surface area contributed by atoms with Crippen LogP contribution in [0.5, 0.6) is 0 Å². The summed E-state index contributed by atoms with van der Waals surface area (Å²) in [5.74, 6) is -0.0913. The standard InChI is InChI=1S/C16H14O4/c1-10-9-14(11(2)20-10)15(17)8-5-12-3-6-13(7-4-12)16(18)19/h3-9H,1-2H3,(H,18,19)/p-1/b8-5+. The van der Waals surface area contributed by atoms with Crippen molar-refractivity contribution in [3.8, 4) is 0 Å². The van der Waals surface area contributed by atoms with E-state index in [-0.39, 0.29) is 11.3 Å². The number of benzene rings is 1. The number of carboxylic acid groups (broad SMARTS) is 1. The van der Waals surface area contributed by atoms with Crippen molar-refractivity contribution in [2.45, 2.75) is 13.8 Å². The van der Waals surface area contributed by atoms with Crippen LogP contribution in [0.4, 0.5) is 0 Å². The molecule has 2 rings (SSSR count). The van der Waals surface area contributed by atoms with E-state index in [1.165, 1.54) is 18.2 Å². The van der Waals surface area contributed by atoms with Gasteiger partial charge in [0.05, 0.1) is 11.5 Å². The topological polar surface area (TPSA) is 70.3 Å². The van der Waals surface area contributed by atoms with Gasteiger partial charge in [-0.1, -0.05) is 30.3 Å². The Kier molecular flexibility index (Phi) is 3.84. The van der Waals surface area contributed by atoms with Gasteiger partial charge in [0.1, 0.15) is 11.5 Å². The summed E-state index contributed by atoms with van der Waals surface area (Å²) in [4.78, 5) is 22.6. The van der Waals surface area contributed by atoms with Gasteiger partial charge in [-0.25, -0.2) is 0 Å². The fraction of sp³-hybridized carbons (Fsp3) is 0.125. The molecular formula is C16H13O4-. The number of furan rings is 1. The lowest BCUT2D eigenvalue weighted by Crippen LogP contribution is -2.21. The average molecular weight is 269 g/mol. The number of hydrogen-bond acceptors (Lipinski definition) is 4. The Morgan fingerprint density at radius 2 is 1.80 bits per heavy atom. The number of carbonyl (C=O) groups is 2. The maximum absolute atomic E-state index is 12.0. The van der Waals surface area contributed by atoms with Crippen molar-refractivity contribution >= 4 is 17.8 Å². The van der Waals surface area contributed by atoms with E-state index in [0.717, 1.165) is 5.56 Å². The van der Waals surface area contributed by atoms with E-state index in [0.29, 0.717) is 17.1 Å². The smallest absolute Gasteiger partial charge is 0.189 e. The molecule has 0 saturated heterocycles. The minimum atomic E-state index is -1.22. The summed E-state index contributed by atoms with van der Waals surface area (Å²) >= 11 is 0. The quantitative estimate of drug-likeness (QED) is 0.630. The van der Waals surface area contributed by atoms with Crippen molar-refractivity contribution in [1.82, 2.24) is 0 Å². The highest BCUT2D eigenvalue weighted by Gasteiger charge is 2.10. The normalized spacial score (nSPS) is 10.9. The van der Waals surface area contributed by atoms with Gasteiger partial charge >= 0.3 is 0 Å².